The third-order valence-electron chi connectivity index (χ3n) is 3.61. The minimum Gasteiger partial charge on any atom is -0.493 e. The van der Waals surface area contributed by atoms with Crippen molar-refractivity contribution in [3.63, 3.8) is 0 Å². The van der Waals surface area contributed by atoms with Gasteiger partial charge < -0.3 is 14.5 Å². The highest BCUT2D eigenvalue weighted by atomic mass is 32.1. The summed E-state index contributed by atoms with van der Waals surface area (Å²) in [6, 6.07) is 7.54. The van der Waals surface area contributed by atoms with Gasteiger partial charge in [0, 0.05) is 24.0 Å². The number of ketones is 1. The number of pyridine rings is 1. The fraction of sp³-hybridized carbons (Fsp3) is 0.105. The molecule has 1 N–H and O–H groups in total. The molecule has 2 heterocycles. The summed E-state index contributed by atoms with van der Waals surface area (Å²) in [5.41, 5.74) is 0.514. The van der Waals surface area contributed by atoms with Crippen molar-refractivity contribution in [1.29, 1.82) is 0 Å². The molecule has 0 saturated carbocycles. The summed E-state index contributed by atoms with van der Waals surface area (Å²) >= 11 is 1.07. The first-order chi connectivity index (χ1) is 13.5. The van der Waals surface area contributed by atoms with Crippen LogP contribution in [-0.4, -0.2) is 29.5 Å². The highest BCUT2D eigenvalue weighted by Gasteiger charge is 2.11. The minimum absolute atomic E-state index is 0.140. The van der Waals surface area contributed by atoms with Crippen LogP contribution in [0.5, 0.6) is 11.5 Å². The average Bonchev–Trinajstić information content (AvgIpc) is 3.01. The molecule has 9 heteroatoms. The lowest BCUT2D eigenvalue weighted by Gasteiger charge is -2.10. The number of nitrogens with one attached hydrogen (secondary N) is 1. The van der Waals surface area contributed by atoms with E-state index in [0.29, 0.717) is 20.3 Å². The van der Waals surface area contributed by atoms with Gasteiger partial charge in [0.25, 0.3) is 5.56 Å². The second kappa shape index (κ2) is 8.57. The Hall–Kier alpha value is -3.33. The number of nitrogens with zero attached hydrogens (tertiary/aromatic N) is 1. The number of halogens is 2. The Morgan fingerprint density at radius 2 is 1.96 bits per heavy atom. The standard InChI is InChI=1S/C19H14F2N2O4S/c1-26-14-3-2-11(8-15(14)27-19(20)21)9-16-18(25)23-17(28-16)10-13(24)12-4-6-22-7-5-12/h2-10,19H,1H3,(H,23,25). The van der Waals surface area contributed by atoms with Crippen LogP contribution in [0, 0.1) is 0 Å². The van der Waals surface area contributed by atoms with Crippen LogP contribution in [0.2, 0.25) is 0 Å². The zero-order valence-electron chi connectivity index (χ0n) is 14.5. The van der Waals surface area contributed by atoms with Gasteiger partial charge in [0.1, 0.15) is 0 Å². The first kappa shape index (κ1) is 19.4. The van der Waals surface area contributed by atoms with Gasteiger partial charge in [0.05, 0.1) is 16.3 Å². The Morgan fingerprint density at radius 1 is 1.21 bits per heavy atom. The van der Waals surface area contributed by atoms with Crippen LogP contribution < -0.4 is 24.2 Å². The number of benzene rings is 1. The molecule has 0 amide bonds. The molecule has 0 saturated heterocycles. The van der Waals surface area contributed by atoms with E-state index >= 15 is 0 Å². The third kappa shape index (κ3) is 4.68. The van der Waals surface area contributed by atoms with Gasteiger partial charge in [-0.1, -0.05) is 6.07 Å². The number of hydrogen-bond donors (Lipinski definition) is 1. The molecule has 3 rings (SSSR count). The maximum Gasteiger partial charge on any atom is 0.387 e. The number of aromatic amines is 1. The van der Waals surface area contributed by atoms with Gasteiger partial charge in [0.2, 0.25) is 0 Å². The van der Waals surface area contributed by atoms with Gasteiger partial charge in [-0.2, -0.15) is 8.78 Å². The number of alkyl halides is 2. The molecule has 0 bridgehead atoms. The van der Waals surface area contributed by atoms with E-state index in [-0.39, 0.29) is 17.3 Å². The van der Waals surface area contributed by atoms with Crippen molar-refractivity contribution in [1.82, 2.24) is 9.97 Å². The summed E-state index contributed by atoms with van der Waals surface area (Å²) < 4.78 is 35.2. The molecule has 0 spiro atoms. The third-order valence-corrected chi connectivity index (χ3v) is 4.57. The number of thiazole rings is 1. The summed E-state index contributed by atoms with van der Waals surface area (Å²) in [5.74, 6) is -0.267. The van der Waals surface area contributed by atoms with Crippen LogP contribution in [0.4, 0.5) is 8.78 Å². The van der Waals surface area contributed by atoms with E-state index in [1.807, 2.05) is 0 Å². The monoisotopic (exact) mass is 404 g/mol. The van der Waals surface area contributed by atoms with Gasteiger partial charge in [-0.25, -0.2) is 0 Å². The molecular formula is C19H14F2N2O4S. The molecule has 0 radical (unpaired) electrons. The zero-order chi connectivity index (χ0) is 20.1. The molecule has 1 aromatic carbocycles. The first-order valence-electron chi connectivity index (χ1n) is 7.96. The molecule has 6 nitrogen and oxygen atoms in total. The molecule has 0 unspecified atom stereocenters. The van der Waals surface area contributed by atoms with E-state index in [0.717, 1.165) is 11.3 Å². The Labute approximate surface area is 161 Å². The van der Waals surface area contributed by atoms with Crippen molar-refractivity contribution in [2.24, 2.45) is 0 Å². The van der Waals surface area contributed by atoms with E-state index in [1.165, 1.54) is 43.8 Å². The van der Waals surface area contributed by atoms with Crippen molar-refractivity contribution in [3.05, 3.63) is 73.4 Å². The van der Waals surface area contributed by atoms with E-state index in [9.17, 15) is 18.4 Å². The Kier molecular flexibility index (Phi) is 5.95. The quantitative estimate of drug-likeness (QED) is 0.635. The molecule has 3 aromatic rings. The number of aromatic nitrogens is 2. The molecule has 144 valence electrons. The molecule has 28 heavy (non-hydrogen) atoms. The predicted molar refractivity (Wildman–Crippen MR) is 100 cm³/mol. The van der Waals surface area contributed by atoms with E-state index in [4.69, 9.17) is 4.74 Å². The van der Waals surface area contributed by atoms with Crippen LogP contribution in [0.25, 0.3) is 12.2 Å². The smallest absolute Gasteiger partial charge is 0.387 e. The van der Waals surface area contributed by atoms with E-state index < -0.39 is 12.2 Å². The second-order valence-corrected chi connectivity index (χ2v) is 6.55. The average molecular weight is 404 g/mol. The highest BCUT2D eigenvalue weighted by molar-refractivity contribution is 7.07. The maximum absolute atomic E-state index is 12.5. The number of carbonyl (C=O) groups is 1. The lowest BCUT2D eigenvalue weighted by atomic mass is 10.2. The lowest BCUT2D eigenvalue weighted by Crippen LogP contribution is -2.20. The Balaban J connectivity index is 1.97. The minimum atomic E-state index is -3.00. The SMILES string of the molecule is COc1ccc(C=c2sc(=CC(=O)c3ccncc3)[nH]c2=O)cc1OC(F)F. The van der Waals surface area contributed by atoms with Crippen molar-refractivity contribution in [2.75, 3.05) is 7.11 Å². The van der Waals surface area contributed by atoms with Crippen LogP contribution in [0.15, 0.2) is 47.5 Å². The fourth-order valence-corrected chi connectivity index (χ4v) is 3.25. The molecule has 0 fully saturated rings. The lowest BCUT2D eigenvalue weighted by molar-refractivity contribution is -0.0512. The number of ether oxygens (including phenoxy) is 2. The molecule has 0 aliphatic heterocycles. The summed E-state index contributed by atoms with van der Waals surface area (Å²) in [5, 5.41) is 0. The van der Waals surface area contributed by atoms with E-state index in [1.54, 1.807) is 18.2 Å². The molecule has 0 aliphatic carbocycles. The van der Waals surface area contributed by atoms with Crippen molar-refractivity contribution >= 4 is 29.3 Å². The van der Waals surface area contributed by atoms with Crippen LogP contribution >= 0.6 is 11.3 Å². The number of methoxy groups -OCH3 is 1. The van der Waals surface area contributed by atoms with Crippen LogP contribution in [0.1, 0.15) is 15.9 Å². The fourth-order valence-electron chi connectivity index (χ4n) is 2.37. The number of hydrogen-bond acceptors (Lipinski definition) is 6. The topological polar surface area (TPSA) is 81.3 Å². The summed E-state index contributed by atoms with van der Waals surface area (Å²) in [6.45, 7) is -3.00. The number of rotatable bonds is 6. The van der Waals surface area contributed by atoms with Crippen molar-refractivity contribution < 1.29 is 23.0 Å². The van der Waals surface area contributed by atoms with Gasteiger partial charge in [-0.05, 0) is 35.9 Å². The van der Waals surface area contributed by atoms with Gasteiger partial charge in [0.15, 0.2) is 17.3 Å². The molecule has 0 aliphatic rings. The predicted octanol–water partition coefficient (Wildman–Crippen LogP) is 1.93. The Bertz CT molecular complexity index is 1160. The van der Waals surface area contributed by atoms with Crippen molar-refractivity contribution in [3.8, 4) is 11.5 Å². The Morgan fingerprint density at radius 3 is 2.64 bits per heavy atom. The summed E-state index contributed by atoms with van der Waals surface area (Å²) in [4.78, 5) is 30.8. The number of H-pyrrole nitrogens is 1. The van der Waals surface area contributed by atoms with Crippen LogP contribution in [-0.2, 0) is 0 Å². The van der Waals surface area contributed by atoms with Gasteiger partial charge in [-0.15, -0.1) is 11.3 Å². The number of carbonyl (C=O) groups excluding carboxylic acids is 1. The number of Topliss-reactive ketones (excluding diaryl/α,β-unsaturated/α-hetero) is 1. The first-order valence-corrected chi connectivity index (χ1v) is 8.77. The molecular weight excluding hydrogens is 390 g/mol. The molecule has 2 aromatic heterocycles. The summed E-state index contributed by atoms with van der Waals surface area (Å²) in [7, 11) is 1.34. The second-order valence-electron chi connectivity index (χ2n) is 5.46. The van der Waals surface area contributed by atoms with E-state index in [2.05, 4.69) is 14.7 Å². The van der Waals surface area contributed by atoms with Crippen molar-refractivity contribution in [2.45, 2.75) is 6.61 Å². The van der Waals surface area contributed by atoms with Crippen LogP contribution in [0.3, 0.4) is 0 Å². The zero-order valence-corrected chi connectivity index (χ0v) is 15.3. The molecule has 0 atom stereocenters. The van der Waals surface area contributed by atoms with Gasteiger partial charge in [-0.3, -0.25) is 14.6 Å². The van der Waals surface area contributed by atoms with Gasteiger partial charge >= 0.3 is 6.61 Å². The highest BCUT2D eigenvalue weighted by Crippen LogP contribution is 2.29. The normalized spacial score (nSPS) is 12.4. The maximum atomic E-state index is 12.5. The largest absolute Gasteiger partial charge is 0.493 e. The summed E-state index contributed by atoms with van der Waals surface area (Å²) in [6.07, 6.45) is 5.83.